The molecule has 0 radical (unpaired) electrons. The maximum absolute atomic E-state index is 11.8. The Bertz CT molecular complexity index is 880. The number of aromatic amines is 2. The number of nitrogens with one attached hydrogen (secondary N) is 2. The molecule has 0 spiro atoms. The lowest BCUT2D eigenvalue weighted by molar-refractivity contribution is 0.0690. The summed E-state index contributed by atoms with van der Waals surface area (Å²) >= 11 is 5.71. The SMILES string of the molecule is O=C(O)c1[nH]c(-c2c[nH]c3ccccc23)cc(=O)c1Cl. The van der Waals surface area contributed by atoms with Gasteiger partial charge in [-0.15, -0.1) is 0 Å². The van der Waals surface area contributed by atoms with Gasteiger partial charge in [-0.3, -0.25) is 4.79 Å². The molecule has 6 heteroatoms. The summed E-state index contributed by atoms with van der Waals surface area (Å²) in [6.07, 6.45) is 1.72. The summed E-state index contributed by atoms with van der Waals surface area (Å²) in [4.78, 5) is 28.6. The molecule has 0 aliphatic rings. The number of carboxylic acids is 1. The quantitative estimate of drug-likeness (QED) is 0.678. The standard InChI is InChI=1S/C14H9ClN2O3/c15-12-11(18)5-10(17-13(12)14(19)20)8-6-16-9-4-2-1-3-7(8)9/h1-6,16H,(H,17,18)(H,19,20). The van der Waals surface area contributed by atoms with Crippen molar-refractivity contribution in [3.8, 4) is 11.3 Å². The van der Waals surface area contributed by atoms with Crippen LogP contribution in [-0.2, 0) is 0 Å². The van der Waals surface area contributed by atoms with Gasteiger partial charge in [-0.05, 0) is 6.07 Å². The minimum atomic E-state index is -1.27. The Hall–Kier alpha value is -2.53. The van der Waals surface area contributed by atoms with Crippen molar-refractivity contribution >= 4 is 28.5 Å². The van der Waals surface area contributed by atoms with E-state index in [1.807, 2.05) is 24.3 Å². The highest BCUT2D eigenvalue weighted by molar-refractivity contribution is 6.33. The predicted octanol–water partition coefficient (Wildman–Crippen LogP) is 2.87. The fourth-order valence-corrected chi connectivity index (χ4v) is 2.31. The van der Waals surface area contributed by atoms with Gasteiger partial charge in [0.1, 0.15) is 10.7 Å². The van der Waals surface area contributed by atoms with Gasteiger partial charge in [-0.1, -0.05) is 29.8 Å². The molecule has 100 valence electrons. The molecule has 0 unspecified atom stereocenters. The molecule has 5 nitrogen and oxygen atoms in total. The molecule has 0 amide bonds. The number of H-pyrrole nitrogens is 2. The van der Waals surface area contributed by atoms with Crippen LogP contribution in [0.2, 0.25) is 5.02 Å². The van der Waals surface area contributed by atoms with Gasteiger partial charge in [0.15, 0.2) is 0 Å². The van der Waals surface area contributed by atoms with Crippen LogP contribution in [0, 0.1) is 0 Å². The Morgan fingerprint density at radius 2 is 2.00 bits per heavy atom. The van der Waals surface area contributed by atoms with E-state index in [9.17, 15) is 9.59 Å². The van der Waals surface area contributed by atoms with Crippen LogP contribution in [0.1, 0.15) is 10.5 Å². The molecule has 2 heterocycles. The lowest BCUT2D eigenvalue weighted by Crippen LogP contribution is -2.11. The first-order valence-electron chi connectivity index (χ1n) is 5.80. The molecule has 0 atom stereocenters. The number of benzene rings is 1. The number of rotatable bonds is 2. The number of fused-ring (bicyclic) bond motifs is 1. The van der Waals surface area contributed by atoms with E-state index in [1.165, 1.54) is 6.07 Å². The molecule has 0 saturated carbocycles. The van der Waals surface area contributed by atoms with E-state index in [2.05, 4.69) is 9.97 Å². The van der Waals surface area contributed by atoms with E-state index in [1.54, 1.807) is 6.20 Å². The number of hydrogen-bond donors (Lipinski definition) is 3. The number of aromatic carboxylic acids is 1. The largest absolute Gasteiger partial charge is 0.477 e. The van der Waals surface area contributed by atoms with Crippen molar-refractivity contribution in [3.05, 3.63) is 57.5 Å². The van der Waals surface area contributed by atoms with E-state index < -0.39 is 11.4 Å². The molecule has 3 N–H and O–H groups in total. The van der Waals surface area contributed by atoms with Crippen molar-refractivity contribution in [3.63, 3.8) is 0 Å². The molecule has 1 aromatic carbocycles. The first kappa shape index (κ1) is 12.5. The molecule has 3 aromatic rings. The zero-order chi connectivity index (χ0) is 14.3. The zero-order valence-corrected chi connectivity index (χ0v) is 10.9. The maximum Gasteiger partial charge on any atom is 0.354 e. The van der Waals surface area contributed by atoms with E-state index in [4.69, 9.17) is 16.7 Å². The topological polar surface area (TPSA) is 85.9 Å². The Kier molecular flexibility index (Phi) is 2.84. The number of aromatic nitrogens is 2. The number of carboxylic acid groups (broad SMARTS) is 1. The van der Waals surface area contributed by atoms with Crippen molar-refractivity contribution in [1.82, 2.24) is 9.97 Å². The summed E-state index contributed by atoms with van der Waals surface area (Å²) in [5.74, 6) is -1.27. The van der Waals surface area contributed by atoms with E-state index in [0.717, 1.165) is 16.5 Å². The Labute approximate surface area is 117 Å². The normalized spacial score (nSPS) is 10.8. The molecule has 20 heavy (non-hydrogen) atoms. The van der Waals surface area contributed by atoms with Crippen LogP contribution in [0.5, 0.6) is 0 Å². The van der Waals surface area contributed by atoms with Gasteiger partial charge >= 0.3 is 5.97 Å². The van der Waals surface area contributed by atoms with Gasteiger partial charge in [-0.25, -0.2) is 4.79 Å². The molecule has 0 bridgehead atoms. The van der Waals surface area contributed by atoms with Crippen LogP contribution in [0.4, 0.5) is 0 Å². The molecule has 0 aliphatic carbocycles. The third-order valence-electron chi connectivity index (χ3n) is 3.06. The predicted molar refractivity (Wildman–Crippen MR) is 76.3 cm³/mol. The highest BCUT2D eigenvalue weighted by Crippen LogP contribution is 2.27. The van der Waals surface area contributed by atoms with Gasteiger partial charge < -0.3 is 15.1 Å². The summed E-state index contributed by atoms with van der Waals surface area (Å²) in [5, 5.41) is 9.64. The summed E-state index contributed by atoms with van der Waals surface area (Å²) in [5.41, 5.74) is 1.20. The van der Waals surface area contributed by atoms with E-state index in [-0.39, 0.29) is 10.7 Å². The number of para-hydroxylation sites is 1. The summed E-state index contributed by atoms with van der Waals surface area (Å²) in [6, 6.07) is 8.82. The van der Waals surface area contributed by atoms with Crippen molar-refractivity contribution in [1.29, 1.82) is 0 Å². The Morgan fingerprint density at radius 3 is 2.75 bits per heavy atom. The smallest absolute Gasteiger partial charge is 0.354 e. The minimum Gasteiger partial charge on any atom is -0.477 e. The van der Waals surface area contributed by atoms with Crippen LogP contribution in [0.25, 0.3) is 22.2 Å². The molecular formula is C14H9ClN2O3. The second-order valence-corrected chi connectivity index (χ2v) is 4.67. The van der Waals surface area contributed by atoms with Crippen molar-refractivity contribution in [2.75, 3.05) is 0 Å². The van der Waals surface area contributed by atoms with Gasteiger partial charge in [0, 0.05) is 28.7 Å². The Balaban J connectivity index is 2.30. The van der Waals surface area contributed by atoms with Gasteiger partial charge in [-0.2, -0.15) is 0 Å². The zero-order valence-electron chi connectivity index (χ0n) is 10.1. The van der Waals surface area contributed by atoms with Crippen LogP contribution >= 0.6 is 11.6 Å². The lowest BCUT2D eigenvalue weighted by Gasteiger charge is -2.04. The third kappa shape index (κ3) is 1.88. The lowest BCUT2D eigenvalue weighted by atomic mass is 10.1. The fraction of sp³-hybridized carbons (Fsp3) is 0. The number of pyridine rings is 1. The fourth-order valence-electron chi connectivity index (χ4n) is 2.13. The molecular weight excluding hydrogens is 280 g/mol. The van der Waals surface area contributed by atoms with Crippen molar-refractivity contribution in [2.24, 2.45) is 0 Å². The molecule has 0 aliphatic heterocycles. The van der Waals surface area contributed by atoms with Crippen LogP contribution < -0.4 is 5.43 Å². The van der Waals surface area contributed by atoms with Crippen molar-refractivity contribution in [2.45, 2.75) is 0 Å². The highest BCUT2D eigenvalue weighted by Gasteiger charge is 2.16. The Morgan fingerprint density at radius 1 is 1.25 bits per heavy atom. The van der Waals surface area contributed by atoms with Crippen molar-refractivity contribution < 1.29 is 9.90 Å². The number of carbonyl (C=O) groups is 1. The average molecular weight is 289 g/mol. The molecule has 0 saturated heterocycles. The van der Waals surface area contributed by atoms with Gasteiger partial charge in [0.05, 0.1) is 5.69 Å². The second-order valence-electron chi connectivity index (χ2n) is 4.29. The van der Waals surface area contributed by atoms with Crippen LogP contribution in [-0.4, -0.2) is 21.0 Å². The summed E-state index contributed by atoms with van der Waals surface area (Å²) in [6.45, 7) is 0. The monoisotopic (exact) mass is 288 g/mol. The number of hydrogen-bond acceptors (Lipinski definition) is 2. The van der Waals surface area contributed by atoms with E-state index >= 15 is 0 Å². The minimum absolute atomic E-state index is 0.306. The average Bonchev–Trinajstić information content (AvgIpc) is 2.85. The third-order valence-corrected chi connectivity index (χ3v) is 3.44. The second kappa shape index (κ2) is 4.54. The molecule has 3 rings (SSSR count). The van der Waals surface area contributed by atoms with Gasteiger partial charge in [0.25, 0.3) is 0 Å². The number of halogens is 1. The van der Waals surface area contributed by atoms with Crippen LogP contribution in [0.15, 0.2) is 41.3 Å². The molecule has 2 aromatic heterocycles. The summed E-state index contributed by atoms with van der Waals surface area (Å²) in [7, 11) is 0. The van der Waals surface area contributed by atoms with E-state index in [0.29, 0.717) is 5.69 Å². The maximum atomic E-state index is 11.8. The highest BCUT2D eigenvalue weighted by atomic mass is 35.5. The summed E-state index contributed by atoms with van der Waals surface area (Å²) < 4.78 is 0. The van der Waals surface area contributed by atoms with Crippen LogP contribution in [0.3, 0.4) is 0 Å². The molecule has 0 fully saturated rings. The van der Waals surface area contributed by atoms with Gasteiger partial charge in [0.2, 0.25) is 5.43 Å². The first-order valence-corrected chi connectivity index (χ1v) is 6.18. The first-order chi connectivity index (χ1) is 9.58.